The van der Waals surface area contributed by atoms with Crippen molar-refractivity contribution < 1.29 is 22.5 Å². The third-order valence-corrected chi connectivity index (χ3v) is 7.32. The largest absolute Gasteiger partial charge is 0.612 e. The molecular formula is C26H34N3O3P+2. The first-order chi connectivity index (χ1) is 15.8. The molecule has 0 spiro atoms. The monoisotopic (exact) mass is 467 g/mol. The van der Waals surface area contributed by atoms with Crippen LogP contribution < -0.4 is 9.24 Å². The number of allylic oxidation sites excluding steroid dienone is 5. The van der Waals surface area contributed by atoms with Gasteiger partial charge < -0.3 is 4.90 Å². The topological polar surface area (TPSA) is 45.7 Å². The number of nitrogens with zero attached hydrogens (tertiary/aromatic N) is 3. The van der Waals surface area contributed by atoms with Gasteiger partial charge in [-0.05, 0) is 60.4 Å². The SMILES string of the molecule is CCOP(=O)(OCC)[n+]1ccc(C(=C2C=CC(=[N+](C)C)C=C2)c2ccc(N(C)C)cc2)cc1. The summed E-state index contributed by atoms with van der Waals surface area (Å²) in [5, 5.41) is 0. The first-order valence-electron chi connectivity index (χ1n) is 11.1. The van der Waals surface area contributed by atoms with Gasteiger partial charge >= 0.3 is 7.75 Å². The van der Waals surface area contributed by atoms with E-state index in [2.05, 4.69) is 58.0 Å². The predicted molar refractivity (Wildman–Crippen MR) is 135 cm³/mol. The minimum absolute atomic E-state index is 0.305. The zero-order valence-corrected chi connectivity index (χ0v) is 21.3. The lowest BCUT2D eigenvalue weighted by Gasteiger charge is -2.16. The lowest BCUT2D eigenvalue weighted by atomic mass is 9.91. The minimum Gasteiger partial charge on any atom is -0.378 e. The van der Waals surface area contributed by atoms with Crippen LogP contribution in [0.5, 0.6) is 0 Å². The van der Waals surface area contributed by atoms with Crippen molar-refractivity contribution in [3.63, 3.8) is 0 Å². The second kappa shape index (κ2) is 10.9. The Morgan fingerprint density at radius 2 is 1.39 bits per heavy atom. The van der Waals surface area contributed by atoms with Gasteiger partial charge in [0.05, 0.1) is 13.2 Å². The maximum atomic E-state index is 13.1. The van der Waals surface area contributed by atoms with Gasteiger partial charge in [0.25, 0.3) is 0 Å². The molecule has 0 bridgehead atoms. The quantitative estimate of drug-likeness (QED) is 0.417. The maximum Gasteiger partial charge on any atom is 0.612 e. The van der Waals surface area contributed by atoms with E-state index in [0.717, 1.165) is 33.7 Å². The second-order valence-electron chi connectivity index (χ2n) is 8.03. The molecule has 33 heavy (non-hydrogen) atoms. The summed E-state index contributed by atoms with van der Waals surface area (Å²) in [6.07, 6.45) is 12.0. The van der Waals surface area contributed by atoms with Crippen molar-refractivity contribution in [3.8, 4) is 0 Å². The molecule has 0 atom stereocenters. The molecule has 1 aromatic carbocycles. The summed E-state index contributed by atoms with van der Waals surface area (Å²) in [5.41, 5.74) is 6.60. The summed E-state index contributed by atoms with van der Waals surface area (Å²) in [5.74, 6) is 0. The summed E-state index contributed by atoms with van der Waals surface area (Å²) >= 11 is 0. The summed E-state index contributed by atoms with van der Waals surface area (Å²) in [4.78, 5) is 2.08. The second-order valence-corrected chi connectivity index (χ2v) is 9.94. The molecule has 6 nitrogen and oxygen atoms in total. The van der Waals surface area contributed by atoms with Crippen LogP contribution in [0.15, 0.2) is 78.7 Å². The molecular weight excluding hydrogens is 433 g/mol. The van der Waals surface area contributed by atoms with Crippen LogP contribution in [-0.2, 0) is 13.6 Å². The van der Waals surface area contributed by atoms with Gasteiger partial charge in [-0.1, -0.05) is 12.1 Å². The van der Waals surface area contributed by atoms with E-state index in [4.69, 9.17) is 9.05 Å². The molecule has 7 heteroatoms. The Labute approximate surface area is 197 Å². The Hall–Kier alpha value is -2.79. The van der Waals surface area contributed by atoms with Crippen molar-refractivity contribution in [2.75, 3.05) is 46.3 Å². The van der Waals surface area contributed by atoms with E-state index < -0.39 is 7.75 Å². The molecule has 1 heterocycles. The summed E-state index contributed by atoms with van der Waals surface area (Å²) < 4.78 is 27.7. The highest BCUT2D eigenvalue weighted by Gasteiger charge is 2.36. The summed E-state index contributed by atoms with van der Waals surface area (Å²) in [7, 11) is 4.72. The summed E-state index contributed by atoms with van der Waals surface area (Å²) in [6, 6.07) is 12.4. The molecule has 0 saturated heterocycles. The van der Waals surface area contributed by atoms with Crippen molar-refractivity contribution in [3.05, 3.63) is 89.8 Å². The van der Waals surface area contributed by atoms with Crippen LogP contribution in [0, 0.1) is 0 Å². The van der Waals surface area contributed by atoms with E-state index in [1.54, 1.807) is 26.2 Å². The highest BCUT2D eigenvalue weighted by Crippen LogP contribution is 2.42. The number of aromatic nitrogens is 1. The maximum absolute atomic E-state index is 13.1. The Bertz CT molecular complexity index is 1110. The Morgan fingerprint density at radius 1 is 0.879 bits per heavy atom. The van der Waals surface area contributed by atoms with Gasteiger partial charge in [0.15, 0.2) is 18.1 Å². The van der Waals surface area contributed by atoms with Gasteiger partial charge in [-0.3, -0.25) is 9.05 Å². The zero-order valence-electron chi connectivity index (χ0n) is 20.4. The molecule has 0 fully saturated rings. The van der Waals surface area contributed by atoms with E-state index in [9.17, 15) is 4.57 Å². The van der Waals surface area contributed by atoms with Crippen LogP contribution in [0.3, 0.4) is 0 Å². The van der Waals surface area contributed by atoms with E-state index in [1.165, 1.54) is 4.34 Å². The lowest BCUT2D eigenvalue weighted by molar-refractivity contribution is -0.541. The van der Waals surface area contributed by atoms with Gasteiger partial charge in [0, 0.05) is 44.1 Å². The molecule has 1 aromatic heterocycles. The highest BCUT2D eigenvalue weighted by atomic mass is 31.2. The predicted octanol–water partition coefficient (Wildman–Crippen LogP) is 4.71. The fraction of sp³-hybridized carbons (Fsp3) is 0.308. The number of hydrogen-bond donors (Lipinski definition) is 0. The molecule has 174 valence electrons. The Morgan fingerprint density at radius 3 is 1.85 bits per heavy atom. The molecule has 0 aliphatic heterocycles. The first-order valence-corrected chi connectivity index (χ1v) is 12.6. The van der Waals surface area contributed by atoms with Crippen LogP contribution in [-0.4, -0.2) is 51.7 Å². The molecule has 3 rings (SSSR count). The fourth-order valence-electron chi connectivity index (χ4n) is 3.60. The van der Waals surface area contributed by atoms with E-state index in [0.29, 0.717) is 13.2 Å². The average Bonchev–Trinajstić information content (AvgIpc) is 2.81. The third-order valence-electron chi connectivity index (χ3n) is 5.31. The molecule has 0 saturated carbocycles. The van der Waals surface area contributed by atoms with Crippen molar-refractivity contribution in [1.82, 2.24) is 0 Å². The molecule has 0 amide bonds. The van der Waals surface area contributed by atoms with Crippen LogP contribution in [0.25, 0.3) is 5.57 Å². The van der Waals surface area contributed by atoms with Crippen LogP contribution in [0.1, 0.15) is 25.0 Å². The minimum atomic E-state index is -3.40. The van der Waals surface area contributed by atoms with E-state index >= 15 is 0 Å². The zero-order chi connectivity index (χ0) is 24.0. The van der Waals surface area contributed by atoms with Gasteiger partial charge in [-0.15, -0.1) is 4.34 Å². The molecule has 1 aliphatic carbocycles. The Kier molecular flexibility index (Phi) is 8.20. The molecule has 2 aromatic rings. The number of hydrogen-bond acceptors (Lipinski definition) is 4. The molecule has 0 unspecified atom stereocenters. The van der Waals surface area contributed by atoms with Crippen molar-refractivity contribution in [2.45, 2.75) is 13.8 Å². The number of benzene rings is 1. The van der Waals surface area contributed by atoms with Crippen LogP contribution in [0.4, 0.5) is 5.69 Å². The molecule has 0 N–H and O–H groups in total. The standard InChI is InChI=1S/C26H34N3O3P/c1-7-31-33(30,32-8-2)29-19-17-23(18-20-29)26(21-9-13-24(14-10-21)27(3)4)22-11-15-25(16-12-22)28(5)6/h9-20H,7-8H2,1-6H3/q+2. The Balaban J connectivity index is 2.10. The van der Waals surface area contributed by atoms with Crippen molar-refractivity contribution in [2.24, 2.45) is 0 Å². The number of pyridine rings is 1. The smallest absolute Gasteiger partial charge is 0.378 e. The van der Waals surface area contributed by atoms with Crippen LogP contribution in [0.2, 0.25) is 0 Å². The molecule has 1 aliphatic rings. The van der Waals surface area contributed by atoms with Crippen molar-refractivity contribution >= 4 is 24.7 Å². The fourth-order valence-corrected chi connectivity index (χ4v) is 5.05. The number of rotatable bonds is 8. The molecule has 0 radical (unpaired) electrons. The average molecular weight is 468 g/mol. The normalized spacial score (nSPS) is 13.4. The highest BCUT2D eigenvalue weighted by molar-refractivity contribution is 7.46. The van der Waals surface area contributed by atoms with E-state index in [1.807, 2.05) is 40.3 Å². The lowest BCUT2D eigenvalue weighted by Crippen LogP contribution is -2.32. The van der Waals surface area contributed by atoms with Crippen LogP contribution >= 0.6 is 7.75 Å². The number of anilines is 1. The van der Waals surface area contributed by atoms with Gasteiger partial charge in [-0.2, -0.15) is 4.57 Å². The van der Waals surface area contributed by atoms with Gasteiger partial charge in [0.2, 0.25) is 0 Å². The summed E-state index contributed by atoms with van der Waals surface area (Å²) in [6.45, 7) is 4.22. The first kappa shape index (κ1) is 24.8. The van der Waals surface area contributed by atoms with Gasteiger partial charge in [-0.25, -0.2) is 4.58 Å². The van der Waals surface area contributed by atoms with E-state index in [-0.39, 0.29) is 0 Å². The van der Waals surface area contributed by atoms with Gasteiger partial charge in [0.1, 0.15) is 14.1 Å². The third kappa shape index (κ3) is 5.77. The van der Waals surface area contributed by atoms with Crippen molar-refractivity contribution in [1.29, 1.82) is 0 Å².